The first-order valence-corrected chi connectivity index (χ1v) is 7.00. The average Bonchev–Trinajstić information content (AvgIpc) is 3.17. The van der Waals surface area contributed by atoms with Crippen molar-refractivity contribution in [3.63, 3.8) is 0 Å². The molecule has 1 aliphatic carbocycles. The van der Waals surface area contributed by atoms with Gasteiger partial charge in [0.1, 0.15) is 6.33 Å². The minimum absolute atomic E-state index is 0.351. The van der Waals surface area contributed by atoms with E-state index in [1.54, 1.807) is 0 Å². The third-order valence-corrected chi connectivity index (χ3v) is 3.93. The van der Waals surface area contributed by atoms with Crippen molar-refractivity contribution in [2.75, 3.05) is 0 Å². The summed E-state index contributed by atoms with van der Waals surface area (Å²) in [6, 6.07) is 6.14. The third kappa shape index (κ3) is 2.07. The fourth-order valence-corrected chi connectivity index (χ4v) is 2.75. The van der Waals surface area contributed by atoms with E-state index in [0.717, 1.165) is 34.4 Å². The summed E-state index contributed by atoms with van der Waals surface area (Å²) in [7, 11) is 0. The maximum Gasteiger partial charge on any atom is 0.155 e. The number of aromatic amines is 2. The summed E-state index contributed by atoms with van der Waals surface area (Å²) in [4.78, 5) is 4.21. The lowest BCUT2D eigenvalue weighted by Crippen LogP contribution is -1.99. The van der Waals surface area contributed by atoms with Crippen LogP contribution in [0.1, 0.15) is 25.0 Å². The van der Waals surface area contributed by atoms with E-state index in [9.17, 15) is 0 Å². The summed E-state index contributed by atoms with van der Waals surface area (Å²) >= 11 is 0. The first-order valence-electron chi connectivity index (χ1n) is 7.00. The van der Waals surface area contributed by atoms with Gasteiger partial charge in [0.25, 0.3) is 0 Å². The number of fused-ring (bicyclic) bond motifs is 1. The van der Waals surface area contributed by atoms with E-state index in [0.29, 0.717) is 5.92 Å². The highest BCUT2D eigenvalue weighted by molar-refractivity contribution is 5.86. The quantitative estimate of drug-likeness (QED) is 0.754. The lowest BCUT2D eigenvalue weighted by Gasteiger charge is -2.13. The number of nitrogens with one attached hydrogen (secondary N) is 2. The van der Waals surface area contributed by atoms with Crippen molar-refractivity contribution in [1.82, 2.24) is 25.4 Å². The molecule has 5 nitrogen and oxygen atoms in total. The third-order valence-electron chi connectivity index (χ3n) is 3.93. The number of benzene rings is 1. The predicted octanol–water partition coefficient (Wildman–Crippen LogP) is 3.34. The summed E-state index contributed by atoms with van der Waals surface area (Å²) in [6.45, 7) is 2.12. The molecular weight excluding hydrogens is 262 g/mol. The fourth-order valence-electron chi connectivity index (χ4n) is 2.75. The van der Waals surface area contributed by atoms with E-state index in [1.165, 1.54) is 11.9 Å². The number of hydrogen-bond acceptors (Lipinski definition) is 3. The van der Waals surface area contributed by atoms with Gasteiger partial charge in [0.05, 0.1) is 11.2 Å². The largest absolute Gasteiger partial charge is 0.281 e. The summed E-state index contributed by atoms with van der Waals surface area (Å²) in [5.41, 5.74) is 4.48. The first kappa shape index (κ1) is 12.1. The zero-order valence-electron chi connectivity index (χ0n) is 11.7. The van der Waals surface area contributed by atoms with E-state index in [-0.39, 0.29) is 0 Å². The molecule has 1 unspecified atom stereocenters. The highest BCUT2D eigenvalue weighted by Gasteiger charge is 2.16. The number of nitrogens with zero attached hydrogens (tertiary/aromatic N) is 3. The Morgan fingerprint density at radius 2 is 2.19 bits per heavy atom. The number of rotatable bonds is 2. The monoisotopic (exact) mass is 277 g/mol. The highest BCUT2D eigenvalue weighted by Crippen LogP contribution is 2.32. The van der Waals surface area contributed by atoms with Gasteiger partial charge in [-0.2, -0.15) is 10.2 Å². The molecule has 2 N–H and O–H groups in total. The van der Waals surface area contributed by atoms with Crippen molar-refractivity contribution < 1.29 is 0 Å². The number of hydrogen-bond donors (Lipinski definition) is 2. The maximum absolute atomic E-state index is 4.41. The molecule has 0 spiro atoms. The summed E-state index contributed by atoms with van der Waals surface area (Å²) in [6.07, 6.45) is 9.20. The second-order valence-electron chi connectivity index (χ2n) is 5.35. The lowest BCUT2D eigenvalue weighted by atomic mass is 9.92. The van der Waals surface area contributed by atoms with Crippen LogP contribution in [0, 0.1) is 0 Å². The first-order chi connectivity index (χ1) is 10.3. The van der Waals surface area contributed by atoms with Crippen LogP contribution >= 0.6 is 0 Å². The lowest BCUT2D eigenvalue weighted by molar-refractivity contribution is 0.805. The Morgan fingerprint density at radius 3 is 2.95 bits per heavy atom. The van der Waals surface area contributed by atoms with Crippen molar-refractivity contribution in [2.24, 2.45) is 0 Å². The molecule has 104 valence electrons. The Balaban J connectivity index is 1.80. The van der Waals surface area contributed by atoms with Gasteiger partial charge >= 0.3 is 0 Å². The van der Waals surface area contributed by atoms with Gasteiger partial charge in [-0.05, 0) is 31.5 Å². The van der Waals surface area contributed by atoms with Crippen LogP contribution in [-0.4, -0.2) is 25.4 Å². The van der Waals surface area contributed by atoms with E-state index < -0.39 is 0 Å². The molecule has 2 aromatic heterocycles. The molecule has 1 atom stereocenters. The van der Waals surface area contributed by atoms with Crippen molar-refractivity contribution in [3.05, 3.63) is 54.0 Å². The van der Waals surface area contributed by atoms with Gasteiger partial charge in [0.15, 0.2) is 5.82 Å². The number of aromatic nitrogens is 5. The van der Waals surface area contributed by atoms with Crippen LogP contribution in [0.5, 0.6) is 0 Å². The van der Waals surface area contributed by atoms with Crippen LogP contribution in [0.3, 0.4) is 0 Å². The molecule has 0 aliphatic heterocycles. The summed E-state index contributed by atoms with van der Waals surface area (Å²) in [5.74, 6) is 1.13. The zero-order chi connectivity index (χ0) is 14.2. The van der Waals surface area contributed by atoms with Gasteiger partial charge in [0, 0.05) is 16.9 Å². The second kappa shape index (κ2) is 4.70. The molecule has 0 radical (unpaired) electrons. The van der Waals surface area contributed by atoms with E-state index in [2.05, 4.69) is 56.6 Å². The summed E-state index contributed by atoms with van der Waals surface area (Å²) in [5, 5.41) is 15.6. The van der Waals surface area contributed by atoms with Crippen LogP contribution in [0.25, 0.3) is 22.3 Å². The molecule has 0 saturated carbocycles. The number of H-pyrrole nitrogens is 2. The molecule has 0 fully saturated rings. The average molecular weight is 277 g/mol. The molecule has 4 rings (SSSR count). The predicted molar refractivity (Wildman–Crippen MR) is 81.7 cm³/mol. The van der Waals surface area contributed by atoms with Crippen LogP contribution in [0.2, 0.25) is 0 Å². The summed E-state index contributed by atoms with van der Waals surface area (Å²) < 4.78 is 0. The standard InChI is InChI=1S/C16H15N5/c1-10-2-4-11(5-3-10)15-13-8-12(16-17-9-18-21-16)6-7-14(13)19-20-15/h2-4,6-9,11H,5H2,1H3,(H,19,20)(H,17,18,21). The normalized spacial score (nSPS) is 18.1. The SMILES string of the molecule is CC1=CCC(c2[nH]nc3ccc(-c4ncn[nH]4)cc23)C=C1. The van der Waals surface area contributed by atoms with Crippen LogP contribution in [-0.2, 0) is 0 Å². The van der Waals surface area contributed by atoms with Crippen molar-refractivity contribution >= 4 is 10.9 Å². The van der Waals surface area contributed by atoms with Crippen molar-refractivity contribution in [1.29, 1.82) is 0 Å². The smallest absolute Gasteiger partial charge is 0.155 e. The minimum Gasteiger partial charge on any atom is -0.281 e. The topological polar surface area (TPSA) is 70.2 Å². The Kier molecular flexibility index (Phi) is 2.70. The van der Waals surface area contributed by atoms with Crippen LogP contribution in [0.4, 0.5) is 0 Å². The molecule has 0 amide bonds. The Bertz CT molecular complexity index is 839. The Hall–Kier alpha value is -2.69. The Labute approximate surface area is 121 Å². The van der Waals surface area contributed by atoms with E-state index in [1.807, 2.05) is 12.1 Å². The van der Waals surface area contributed by atoms with Gasteiger partial charge < -0.3 is 0 Å². The van der Waals surface area contributed by atoms with Gasteiger partial charge in [0.2, 0.25) is 0 Å². The Morgan fingerprint density at radius 1 is 1.24 bits per heavy atom. The van der Waals surface area contributed by atoms with E-state index >= 15 is 0 Å². The van der Waals surface area contributed by atoms with Crippen LogP contribution in [0.15, 0.2) is 48.3 Å². The number of allylic oxidation sites excluding steroid dienone is 4. The van der Waals surface area contributed by atoms with Crippen molar-refractivity contribution in [3.8, 4) is 11.4 Å². The molecule has 2 heterocycles. The minimum atomic E-state index is 0.351. The van der Waals surface area contributed by atoms with Gasteiger partial charge in [-0.15, -0.1) is 0 Å². The molecule has 5 heteroatoms. The fraction of sp³-hybridized carbons (Fsp3) is 0.188. The van der Waals surface area contributed by atoms with Crippen molar-refractivity contribution in [2.45, 2.75) is 19.3 Å². The molecule has 0 bridgehead atoms. The molecule has 21 heavy (non-hydrogen) atoms. The molecule has 3 aromatic rings. The highest BCUT2D eigenvalue weighted by atomic mass is 15.2. The molecule has 0 saturated heterocycles. The van der Waals surface area contributed by atoms with Gasteiger partial charge in [-0.25, -0.2) is 4.98 Å². The van der Waals surface area contributed by atoms with Gasteiger partial charge in [-0.3, -0.25) is 10.2 Å². The van der Waals surface area contributed by atoms with Gasteiger partial charge in [-0.1, -0.05) is 23.8 Å². The molecular formula is C16H15N5. The second-order valence-corrected chi connectivity index (χ2v) is 5.35. The molecule has 1 aliphatic rings. The zero-order valence-corrected chi connectivity index (χ0v) is 11.7. The maximum atomic E-state index is 4.41. The molecule has 1 aromatic carbocycles. The van der Waals surface area contributed by atoms with E-state index in [4.69, 9.17) is 0 Å². The van der Waals surface area contributed by atoms with Crippen LogP contribution < -0.4 is 0 Å².